The summed E-state index contributed by atoms with van der Waals surface area (Å²) in [5, 5.41) is 2.06. The van der Waals surface area contributed by atoms with E-state index < -0.39 is 43.1 Å². The molecule has 0 bridgehead atoms. The van der Waals surface area contributed by atoms with Crippen LogP contribution in [0.3, 0.4) is 0 Å². The molecule has 1 aliphatic heterocycles. The van der Waals surface area contributed by atoms with E-state index in [0.717, 1.165) is 61.2 Å². The fraction of sp³-hybridized carbons (Fsp3) is 0.0435. The van der Waals surface area contributed by atoms with Crippen LogP contribution in [0.2, 0.25) is 0 Å². The third kappa shape index (κ3) is 5.80. The van der Waals surface area contributed by atoms with Crippen LogP contribution < -0.4 is 25.6 Å². The maximum Gasteiger partial charge on any atom is 0.180 e. The van der Waals surface area contributed by atoms with Gasteiger partial charge in [-0.3, -0.25) is 0 Å². The van der Waals surface area contributed by atoms with E-state index in [1.54, 1.807) is 0 Å². The fourth-order valence-electron chi connectivity index (χ4n) is 12.7. The van der Waals surface area contributed by atoms with Gasteiger partial charge >= 0.3 is 0 Å². The summed E-state index contributed by atoms with van der Waals surface area (Å²) in [5.74, 6) is 0. The first-order valence-electron chi connectivity index (χ1n) is 28.3. The van der Waals surface area contributed by atoms with Crippen LogP contribution in [0.1, 0.15) is 56.8 Å². The molecule has 0 N–H and O–H groups in total. The van der Waals surface area contributed by atoms with E-state index in [0.29, 0.717) is 15.6 Å². The molecule has 3 aliphatic rings. The van der Waals surface area contributed by atoms with Gasteiger partial charge in [0, 0.05) is 22.5 Å². The van der Waals surface area contributed by atoms with Crippen LogP contribution in [0.25, 0.3) is 33.4 Å². The van der Waals surface area contributed by atoms with Crippen LogP contribution in [0.15, 0.2) is 279 Å². The molecule has 0 aromatic heterocycles. The number of hydrogen-bond donors (Lipinski definition) is 0. The summed E-state index contributed by atoms with van der Waals surface area (Å²) >= 11 is 0. The summed E-state index contributed by atoms with van der Waals surface area (Å²) in [7, 11) is -4.11. The Morgan fingerprint density at radius 3 is 1.38 bits per heavy atom. The molecule has 1 unspecified atom stereocenters. The van der Waals surface area contributed by atoms with Crippen molar-refractivity contribution in [3.63, 3.8) is 0 Å². The third-order valence-electron chi connectivity index (χ3n) is 15.7. The number of nitrogens with zero attached hydrogens (tertiary/aromatic N) is 1. The highest BCUT2D eigenvalue weighted by atomic mass is 28.3. The quantitative estimate of drug-likeness (QED) is 0.137. The first kappa shape index (κ1) is 33.9. The van der Waals surface area contributed by atoms with Gasteiger partial charge in [-0.25, -0.2) is 0 Å². The largest absolute Gasteiger partial charge is 0.310 e. The Kier molecular flexibility index (Phi) is 7.63. The summed E-state index contributed by atoms with van der Waals surface area (Å²) in [6, 6.07) is 78.0. The van der Waals surface area contributed by atoms with Gasteiger partial charge in [0.1, 0.15) is 0 Å². The van der Waals surface area contributed by atoms with Gasteiger partial charge in [-0.1, -0.05) is 242 Å². The van der Waals surface area contributed by atoms with Crippen LogP contribution in [0.4, 0.5) is 17.1 Å². The average molecular weight is 928 g/mol. The Bertz CT molecular complexity index is 4210. The molecule has 1 atom stereocenters. The lowest BCUT2D eigenvalue weighted by Gasteiger charge is -2.35. The van der Waals surface area contributed by atoms with Crippen molar-refractivity contribution in [2.24, 2.45) is 0 Å². The molecular weight excluding hydrogens is 871 g/mol. The van der Waals surface area contributed by atoms with E-state index in [1.807, 2.05) is 42.5 Å². The van der Waals surface area contributed by atoms with Crippen molar-refractivity contribution in [1.29, 1.82) is 0 Å². The summed E-state index contributed by atoms with van der Waals surface area (Å²) in [6.45, 7) is 2.32. The van der Waals surface area contributed by atoms with Crippen LogP contribution >= 0.6 is 0 Å². The molecule has 11 aromatic carbocycles. The van der Waals surface area contributed by atoms with Gasteiger partial charge < -0.3 is 4.90 Å². The van der Waals surface area contributed by atoms with Gasteiger partial charge in [-0.05, 0) is 136 Å². The third-order valence-corrected chi connectivity index (χ3v) is 20.4. The van der Waals surface area contributed by atoms with E-state index >= 15 is 0 Å². The second-order valence-corrected chi connectivity index (χ2v) is 22.7. The second kappa shape index (κ2) is 16.0. The van der Waals surface area contributed by atoms with E-state index in [9.17, 15) is 8.22 Å². The normalized spacial score (nSPS) is 17.5. The highest BCUT2D eigenvalue weighted by Gasteiger charge is 2.50. The van der Waals surface area contributed by atoms with E-state index in [1.165, 1.54) is 22.3 Å². The molecule has 1 heterocycles. The first-order valence-corrected chi connectivity index (χ1v) is 26.3. The van der Waals surface area contributed by atoms with Gasteiger partial charge in [0.15, 0.2) is 8.07 Å². The van der Waals surface area contributed by atoms with Crippen LogP contribution in [-0.2, 0) is 10.8 Å². The first-order chi connectivity index (χ1) is 38.4. The van der Waals surface area contributed by atoms with Crippen molar-refractivity contribution in [3.05, 3.63) is 318 Å². The molecular formula is C69H49NSi. The van der Waals surface area contributed by atoms with Gasteiger partial charge in [0.05, 0.1) is 16.4 Å². The maximum absolute atomic E-state index is 9.86. The van der Waals surface area contributed by atoms with Gasteiger partial charge in [0.2, 0.25) is 0 Å². The molecule has 0 fully saturated rings. The number of hydrogen-bond acceptors (Lipinski definition) is 1. The summed E-state index contributed by atoms with van der Waals surface area (Å²) < 4.78 is 75.1. The monoisotopic (exact) mass is 927 g/mol. The molecule has 0 saturated heterocycles. The van der Waals surface area contributed by atoms with Gasteiger partial charge in [-0.15, -0.1) is 0 Å². The van der Waals surface area contributed by atoms with E-state index in [2.05, 4.69) is 200 Å². The van der Waals surface area contributed by atoms with Crippen molar-refractivity contribution in [2.75, 3.05) is 4.90 Å². The molecule has 0 amide bonds. The predicted molar refractivity (Wildman–Crippen MR) is 298 cm³/mol. The Morgan fingerprint density at radius 2 is 0.775 bits per heavy atom. The molecule has 2 heteroatoms. The van der Waals surface area contributed by atoms with Crippen molar-refractivity contribution in [2.45, 2.75) is 17.8 Å². The Morgan fingerprint density at radius 1 is 0.338 bits per heavy atom. The highest BCUT2D eigenvalue weighted by Crippen LogP contribution is 2.58. The number of benzene rings is 11. The summed E-state index contributed by atoms with van der Waals surface area (Å²) in [6.07, 6.45) is 0. The molecule has 0 radical (unpaired) electrons. The van der Waals surface area contributed by atoms with Crippen molar-refractivity contribution in [3.8, 4) is 33.4 Å². The minimum atomic E-state index is -4.11. The Labute approximate surface area is 428 Å². The second-order valence-electron chi connectivity index (χ2n) is 19.0. The van der Waals surface area contributed by atoms with Crippen LogP contribution in [0.5, 0.6) is 0 Å². The number of fused-ring (bicyclic) bond motifs is 9. The van der Waals surface area contributed by atoms with Crippen LogP contribution in [0, 0.1) is 0 Å². The summed E-state index contributed by atoms with van der Waals surface area (Å²) in [5.41, 5.74) is 14.3. The lowest BCUT2D eigenvalue weighted by molar-refractivity contribution is 0.714. The van der Waals surface area contributed by atoms with Crippen molar-refractivity contribution < 1.29 is 11.0 Å². The standard InChI is InChI=1S/C69H49NSi/c1-68(48-23-6-2-7-24-48)62-37-18-14-33-56(62)58-43-41-52(46-64(58)68)70(51-29-22-32-55(45-51)71(54-30-12-5-13-31-54)66-39-20-16-35-60(66)61-36-17-21-40-67(61)71)53-42-44-59-57-34-15-19-38-63(57)69(65(59)47-53,49-25-8-3-9-26-49)50-27-10-4-11-28-50/h2-47H,1H3/i16D,17D,20D,21D,35D,36D,39D,40D. The maximum atomic E-state index is 9.86. The SMILES string of the molecule is [2H]c1c([2H])c([2H])c2c(c1[2H])-c1c([2H])c([2H])c([2H])c([2H])c1[Si]2(c1ccccc1)c1cccc(N(c2ccc3c(c2)C(C)(c2ccccc2)c2ccccc2-3)c2ccc3c(c2)C(c2ccccc2)(c2ccccc2)c2ccccc2-3)c1. The molecule has 0 saturated carbocycles. The molecule has 1 nitrogen and oxygen atoms in total. The summed E-state index contributed by atoms with van der Waals surface area (Å²) in [4.78, 5) is 2.30. The fourth-order valence-corrected chi connectivity index (χ4v) is 17.5. The van der Waals surface area contributed by atoms with Gasteiger partial charge in [0.25, 0.3) is 0 Å². The molecule has 71 heavy (non-hydrogen) atoms. The zero-order valence-electron chi connectivity index (χ0n) is 46.9. The zero-order chi connectivity index (χ0) is 54.1. The number of rotatable bonds is 8. The predicted octanol–water partition coefficient (Wildman–Crippen LogP) is 14.2. The molecule has 2 aliphatic carbocycles. The van der Waals surface area contributed by atoms with E-state index in [4.69, 9.17) is 2.74 Å². The molecule has 334 valence electrons. The smallest absolute Gasteiger partial charge is 0.180 e. The lowest BCUT2D eigenvalue weighted by Crippen LogP contribution is -2.72. The average Bonchev–Trinajstić information content (AvgIpc) is 3.18. The minimum absolute atomic E-state index is 0.125. The topological polar surface area (TPSA) is 3.24 Å². The molecule has 11 aromatic rings. The minimum Gasteiger partial charge on any atom is -0.310 e. The van der Waals surface area contributed by atoms with Gasteiger partial charge in [-0.2, -0.15) is 0 Å². The van der Waals surface area contributed by atoms with Crippen molar-refractivity contribution in [1.82, 2.24) is 0 Å². The van der Waals surface area contributed by atoms with Crippen LogP contribution in [-0.4, -0.2) is 8.07 Å². The Balaban J connectivity index is 1.09. The number of anilines is 3. The lowest BCUT2D eigenvalue weighted by atomic mass is 9.67. The molecule has 14 rings (SSSR count). The van der Waals surface area contributed by atoms with Crippen molar-refractivity contribution >= 4 is 45.9 Å². The molecule has 0 spiro atoms. The zero-order valence-corrected chi connectivity index (χ0v) is 39.9. The van der Waals surface area contributed by atoms with E-state index in [-0.39, 0.29) is 35.3 Å². The highest BCUT2D eigenvalue weighted by molar-refractivity contribution is 7.22. The Hall–Kier alpha value is -8.56.